The Morgan fingerprint density at radius 2 is 0.786 bits per heavy atom. The molecule has 0 aliphatic carbocycles. The molecule has 0 spiro atoms. The molecule has 2 N–H and O–H groups in total. The number of hydrogen-bond acceptors (Lipinski definition) is 2. The fourth-order valence-electron chi connectivity index (χ4n) is 4.18. The van der Waals surface area contributed by atoms with Gasteiger partial charge in [-0.15, -0.1) is 0 Å². The highest BCUT2D eigenvalue weighted by Crippen LogP contribution is 2.65. The molecular formula is C19H46N4O3P2. The van der Waals surface area contributed by atoms with Gasteiger partial charge in [-0.25, -0.2) is 23.3 Å². The zero-order chi connectivity index (χ0) is 23.0. The quantitative estimate of drug-likeness (QED) is 0.410. The van der Waals surface area contributed by atoms with Gasteiger partial charge in [0.05, 0.1) is 0 Å². The highest BCUT2D eigenvalue weighted by atomic mass is 31.2. The second-order valence-electron chi connectivity index (χ2n) is 8.64. The first-order valence-electron chi connectivity index (χ1n) is 10.2. The molecule has 0 rings (SSSR count). The van der Waals surface area contributed by atoms with Crippen molar-refractivity contribution >= 4 is 23.1 Å². The molecule has 0 heterocycles. The first kappa shape index (κ1) is 30.0. The van der Waals surface area contributed by atoms with Crippen LogP contribution < -0.4 is 0 Å². The maximum absolute atomic E-state index is 8.56. The van der Waals surface area contributed by atoms with Crippen LogP contribution in [-0.4, -0.2) is 66.6 Å². The zero-order valence-electron chi connectivity index (χ0n) is 20.1. The monoisotopic (exact) mass is 440 g/mol. The molecule has 0 amide bonds. The van der Waals surface area contributed by atoms with Gasteiger partial charge in [-0.3, -0.25) is 0 Å². The number of carbonyl (C=O) groups is 1. The van der Waals surface area contributed by atoms with Crippen molar-refractivity contribution in [2.75, 3.05) is 0 Å². The lowest BCUT2D eigenvalue weighted by Gasteiger charge is -2.57. The Morgan fingerprint density at radius 1 is 0.643 bits per heavy atom. The average Bonchev–Trinajstić information content (AvgIpc) is 2.43. The third kappa shape index (κ3) is 7.91. The lowest BCUT2D eigenvalue weighted by Crippen LogP contribution is -2.53. The summed E-state index contributed by atoms with van der Waals surface area (Å²) >= 11 is 0. The van der Waals surface area contributed by atoms with E-state index in [1.165, 1.54) is 0 Å². The molecule has 0 aromatic heterocycles. The fraction of sp³-hybridized carbons (Fsp3) is 0.947. The van der Waals surface area contributed by atoms with Gasteiger partial charge in [0.25, 0.3) is 0 Å². The molecule has 0 saturated carbocycles. The summed E-state index contributed by atoms with van der Waals surface area (Å²) < 4.78 is 13.2. The van der Waals surface area contributed by atoms with Crippen molar-refractivity contribution in [2.45, 2.75) is 119 Å². The van der Waals surface area contributed by atoms with Crippen LogP contribution in [0.15, 0.2) is 4.52 Å². The van der Waals surface area contributed by atoms with Crippen LogP contribution in [0.2, 0.25) is 0 Å². The standard InChI is InChI=1S/C18H44N4P2.CH2O3/c1-13(2)20(14(3)4)24(19-23,21(15(5)6)16(7)8)22(17(9)10)18(11)12;2-1(3)4/h13-18H,23H2,1-12H3;(H2,2,3,4). The van der Waals surface area contributed by atoms with Gasteiger partial charge < -0.3 is 10.2 Å². The summed E-state index contributed by atoms with van der Waals surface area (Å²) in [5, 5.41) is 13.9. The van der Waals surface area contributed by atoms with Gasteiger partial charge in [0.15, 0.2) is 7.51 Å². The summed E-state index contributed by atoms with van der Waals surface area (Å²) in [7, 11) is 0.694. The molecule has 1 atom stereocenters. The topological polar surface area (TPSA) is 79.6 Å². The first-order chi connectivity index (χ1) is 12.6. The van der Waals surface area contributed by atoms with Crippen LogP contribution >= 0.6 is 16.9 Å². The maximum Gasteiger partial charge on any atom is 0.503 e. The van der Waals surface area contributed by atoms with Gasteiger partial charge in [-0.05, 0) is 92.5 Å². The molecule has 0 bridgehead atoms. The number of nitrogens with zero attached hydrogens (tertiary/aromatic N) is 4. The van der Waals surface area contributed by atoms with Crippen LogP contribution in [0.1, 0.15) is 83.1 Å². The lowest BCUT2D eigenvalue weighted by molar-refractivity contribution is 0.137. The normalized spacial score (nSPS) is 12.9. The Balaban J connectivity index is 0. The van der Waals surface area contributed by atoms with Gasteiger partial charge in [0, 0.05) is 36.3 Å². The van der Waals surface area contributed by atoms with Gasteiger partial charge >= 0.3 is 6.16 Å². The van der Waals surface area contributed by atoms with E-state index in [9.17, 15) is 0 Å². The Kier molecular flexibility index (Phi) is 14.1. The van der Waals surface area contributed by atoms with E-state index in [4.69, 9.17) is 19.5 Å². The molecule has 7 nitrogen and oxygen atoms in total. The van der Waals surface area contributed by atoms with Gasteiger partial charge in [-0.2, -0.15) is 0 Å². The largest absolute Gasteiger partial charge is 0.503 e. The second-order valence-corrected chi connectivity index (χ2v) is 12.0. The van der Waals surface area contributed by atoms with E-state index in [2.05, 4.69) is 106 Å². The molecule has 170 valence electrons. The van der Waals surface area contributed by atoms with Crippen molar-refractivity contribution in [1.29, 1.82) is 0 Å². The summed E-state index contributed by atoms with van der Waals surface area (Å²) in [5.41, 5.74) is 0. The van der Waals surface area contributed by atoms with Crippen LogP contribution in [0.5, 0.6) is 0 Å². The zero-order valence-corrected chi connectivity index (χ0v) is 22.1. The second kappa shape index (κ2) is 13.2. The number of carboxylic acid groups (broad SMARTS) is 2. The summed E-state index contributed by atoms with van der Waals surface area (Å²) in [5.74, 6) is 0. The van der Waals surface area contributed by atoms with Crippen molar-refractivity contribution in [3.05, 3.63) is 0 Å². The van der Waals surface area contributed by atoms with Crippen molar-refractivity contribution in [3.63, 3.8) is 0 Å². The molecule has 28 heavy (non-hydrogen) atoms. The van der Waals surface area contributed by atoms with Crippen LogP contribution in [0.3, 0.4) is 0 Å². The third-order valence-electron chi connectivity index (χ3n) is 4.26. The minimum absolute atomic E-state index is 0.433. The molecular weight excluding hydrogens is 394 g/mol. The Bertz CT molecular complexity index is 424. The molecule has 0 aromatic rings. The van der Waals surface area contributed by atoms with Gasteiger partial charge in [0.2, 0.25) is 0 Å². The highest BCUT2D eigenvalue weighted by molar-refractivity contribution is 7.62. The molecule has 0 radical (unpaired) electrons. The van der Waals surface area contributed by atoms with Gasteiger partial charge in [-0.1, -0.05) is 0 Å². The average molecular weight is 441 g/mol. The predicted octanol–water partition coefficient (Wildman–Crippen LogP) is 6.30. The van der Waals surface area contributed by atoms with Crippen LogP contribution in [0.4, 0.5) is 4.79 Å². The Morgan fingerprint density at radius 3 is 0.857 bits per heavy atom. The number of hydrogen-bond donors (Lipinski definition) is 2. The highest BCUT2D eigenvalue weighted by Gasteiger charge is 2.46. The summed E-state index contributed by atoms with van der Waals surface area (Å²) in [6.07, 6.45) is -1.83. The Labute approximate surface area is 176 Å². The van der Waals surface area contributed by atoms with Crippen molar-refractivity contribution in [1.82, 2.24) is 14.0 Å². The summed E-state index contributed by atoms with van der Waals surface area (Å²) in [6.45, 7) is 27.7. The van der Waals surface area contributed by atoms with Crippen molar-refractivity contribution in [2.24, 2.45) is 4.52 Å². The molecule has 0 aliphatic heterocycles. The van der Waals surface area contributed by atoms with Crippen LogP contribution in [0, 0.1) is 0 Å². The van der Waals surface area contributed by atoms with Crippen LogP contribution in [0.25, 0.3) is 0 Å². The van der Waals surface area contributed by atoms with E-state index in [-0.39, 0.29) is 0 Å². The third-order valence-corrected chi connectivity index (χ3v) is 10.1. The predicted molar refractivity (Wildman–Crippen MR) is 126 cm³/mol. The molecule has 0 fully saturated rings. The minimum atomic E-state index is -2.06. The van der Waals surface area contributed by atoms with Gasteiger partial charge in [0.1, 0.15) is 0 Å². The summed E-state index contributed by atoms with van der Waals surface area (Å²) in [4.78, 5) is 8.56. The van der Waals surface area contributed by atoms with E-state index in [1.54, 1.807) is 0 Å². The summed E-state index contributed by atoms with van der Waals surface area (Å²) in [6, 6.07) is 2.60. The SMILES string of the molecule is CC(C)N(C(C)C)P(=NP)(N(C(C)C)C(C)C)N(C(C)C)C(C)C.O=C(O)O. The number of rotatable bonds is 9. The molecule has 1 unspecified atom stereocenters. The lowest BCUT2D eigenvalue weighted by atomic mass is 10.3. The van der Waals surface area contributed by atoms with E-state index in [0.717, 1.165) is 0 Å². The fourth-order valence-corrected chi connectivity index (χ4v) is 10.0. The molecule has 9 heteroatoms. The van der Waals surface area contributed by atoms with Crippen molar-refractivity contribution < 1.29 is 15.0 Å². The van der Waals surface area contributed by atoms with E-state index < -0.39 is 13.7 Å². The smallest absolute Gasteiger partial charge is 0.450 e. The molecule has 0 saturated heterocycles. The Hall–Kier alpha value is -0.190. The van der Waals surface area contributed by atoms with Crippen molar-refractivity contribution in [3.8, 4) is 0 Å². The van der Waals surface area contributed by atoms with E-state index >= 15 is 0 Å². The van der Waals surface area contributed by atoms with E-state index in [0.29, 0.717) is 36.3 Å². The maximum atomic E-state index is 8.56. The first-order valence-corrected chi connectivity index (χ1v) is 12.3. The minimum Gasteiger partial charge on any atom is -0.450 e. The molecule has 0 aliphatic rings. The van der Waals surface area contributed by atoms with Crippen LogP contribution in [-0.2, 0) is 0 Å². The molecule has 0 aromatic carbocycles. The van der Waals surface area contributed by atoms with E-state index in [1.807, 2.05) is 0 Å².